The highest BCUT2D eigenvalue weighted by Gasteiger charge is 2.47. The van der Waals surface area contributed by atoms with Crippen LogP contribution in [-0.2, 0) is 0 Å². The molecule has 1 aliphatic heterocycles. The van der Waals surface area contributed by atoms with Gasteiger partial charge in [0.25, 0.3) is 5.91 Å². The lowest BCUT2D eigenvalue weighted by Crippen LogP contribution is -2.34. The van der Waals surface area contributed by atoms with Gasteiger partial charge in [0.2, 0.25) is 0 Å². The Morgan fingerprint density at radius 3 is 2.35 bits per heavy atom. The Balaban J connectivity index is 1.24. The Kier molecular flexibility index (Phi) is 4.72. The Morgan fingerprint density at radius 2 is 1.65 bits per heavy atom. The highest BCUT2D eigenvalue weighted by atomic mass is 19.1. The number of carbonyl (C=O) groups excluding carboxylic acids is 1. The molecular weight excluding hydrogens is 334 g/mol. The van der Waals surface area contributed by atoms with E-state index in [2.05, 4.69) is 10.2 Å². The lowest BCUT2D eigenvalue weighted by molar-refractivity contribution is 0.0949. The fourth-order valence-corrected chi connectivity index (χ4v) is 4.31. The number of nitrogens with zero attached hydrogens (tertiary/aromatic N) is 1. The van der Waals surface area contributed by atoms with Gasteiger partial charge in [-0.2, -0.15) is 0 Å². The number of rotatable bonds is 5. The average molecular weight is 356 g/mol. The summed E-state index contributed by atoms with van der Waals surface area (Å²) in [5.74, 6) is 1.17. The number of nitrogens with one attached hydrogen (secondary N) is 1. The predicted molar refractivity (Wildman–Crippen MR) is 95.9 cm³/mol. The van der Waals surface area contributed by atoms with Crippen LogP contribution in [0, 0.1) is 23.5 Å². The van der Waals surface area contributed by atoms with Crippen molar-refractivity contribution in [3.63, 3.8) is 0 Å². The van der Waals surface area contributed by atoms with Crippen molar-refractivity contribution in [2.45, 2.75) is 12.3 Å². The zero-order valence-electron chi connectivity index (χ0n) is 14.5. The highest BCUT2D eigenvalue weighted by molar-refractivity contribution is 5.94. The van der Waals surface area contributed by atoms with Gasteiger partial charge in [0.15, 0.2) is 0 Å². The van der Waals surface area contributed by atoms with Crippen molar-refractivity contribution in [2.75, 3.05) is 26.2 Å². The normalized spacial score (nSPS) is 24.8. The molecule has 3 atom stereocenters. The quantitative estimate of drug-likeness (QED) is 0.890. The van der Waals surface area contributed by atoms with E-state index >= 15 is 0 Å². The second-order valence-electron chi connectivity index (χ2n) is 7.34. The Bertz CT molecular complexity index is 776. The molecule has 0 bridgehead atoms. The van der Waals surface area contributed by atoms with E-state index in [1.807, 2.05) is 12.1 Å². The lowest BCUT2D eigenvalue weighted by atomic mass is 9.64. The summed E-state index contributed by atoms with van der Waals surface area (Å²) in [5, 5.41) is 2.90. The number of fused-ring (bicyclic) bond motifs is 1. The maximum Gasteiger partial charge on any atom is 0.251 e. The van der Waals surface area contributed by atoms with E-state index in [0.717, 1.165) is 26.1 Å². The minimum atomic E-state index is -0.343. The second-order valence-corrected chi connectivity index (χ2v) is 7.34. The molecule has 2 fully saturated rings. The van der Waals surface area contributed by atoms with Crippen molar-refractivity contribution in [3.05, 3.63) is 71.3 Å². The molecule has 4 rings (SSSR count). The van der Waals surface area contributed by atoms with Crippen molar-refractivity contribution < 1.29 is 13.6 Å². The summed E-state index contributed by atoms with van der Waals surface area (Å²) >= 11 is 0. The van der Waals surface area contributed by atoms with E-state index in [1.54, 1.807) is 12.1 Å². The Hall–Kier alpha value is -2.27. The zero-order chi connectivity index (χ0) is 18.1. The first kappa shape index (κ1) is 17.2. The number of hydrogen-bond donors (Lipinski definition) is 1. The molecule has 1 N–H and O–H groups in total. The van der Waals surface area contributed by atoms with E-state index in [4.69, 9.17) is 0 Å². The van der Waals surface area contributed by atoms with Gasteiger partial charge in [0.05, 0.1) is 0 Å². The summed E-state index contributed by atoms with van der Waals surface area (Å²) in [5.41, 5.74) is 1.71. The highest BCUT2D eigenvalue weighted by Crippen LogP contribution is 2.51. The number of carbonyl (C=O) groups is 1. The molecule has 0 spiro atoms. The molecule has 2 aromatic carbocycles. The number of likely N-dealkylation sites (tertiary alicyclic amines) is 1. The van der Waals surface area contributed by atoms with E-state index in [-0.39, 0.29) is 17.5 Å². The van der Waals surface area contributed by atoms with Crippen LogP contribution in [0.15, 0.2) is 48.5 Å². The van der Waals surface area contributed by atoms with Gasteiger partial charge in [-0.3, -0.25) is 4.79 Å². The van der Waals surface area contributed by atoms with Gasteiger partial charge in [0.1, 0.15) is 11.6 Å². The summed E-state index contributed by atoms with van der Waals surface area (Å²) in [7, 11) is 0. The number of amides is 1. The summed E-state index contributed by atoms with van der Waals surface area (Å²) < 4.78 is 26.0. The second kappa shape index (κ2) is 7.16. The molecule has 3 nitrogen and oxygen atoms in total. The molecule has 0 aromatic heterocycles. The maximum atomic E-state index is 13.1. The molecule has 1 heterocycles. The van der Waals surface area contributed by atoms with Gasteiger partial charge in [-0.1, -0.05) is 12.1 Å². The van der Waals surface area contributed by atoms with Crippen LogP contribution < -0.4 is 5.32 Å². The Labute approximate surface area is 152 Å². The summed E-state index contributed by atoms with van der Waals surface area (Å²) in [6.07, 6.45) is 1.16. The molecule has 1 aliphatic carbocycles. The van der Waals surface area contributed by atoms with Crippen molar-refractivity contribution in [3.8, 4) is 0 Å². The van der Waals surface area contributed by atoms with E-state index in [9.17, 15) is 13.6 Å². The van der Waals surface area contributed by atoms with E-state index in [0.29, 0.717) is 29.9 Å². The molecule has 26 heavy (non-hydrogen) atoms. The smallest absolute Gasteiger partial charge is 0.251 e. The van der Waals surface area contributed by atoms with E-state index in [1.165, 1.54) is 29.8 Å². The molecule has 0 radical (unpaired) electrons. The lowest BCUT2D eigenvalue weighted by Gasteiger charge is -2.40. The molecule has 5 heteroatoms. The van der Waals surface area contributed by atoms with Crippen LogP contribution in [0.5, 0.6) is 0 Å². The fraction of sp³-hybridized carbons (Fsp3) is 0.381. The minimum Gasteiger partial charge on any atom is -0.351 e. The van der Waals surface area contributed by atoms with Crippen LogP contribution in [-0.4, -0.2) is 37.0 Å². The first-order chi connectivity index (χ1) is 12.6. The third-order valence-corrected chi connectivity index (χ3v) is 5.76. The van der Waals surface area contributed by atoms with Crippen molar-refractivity contribution >= 4 is 5.91 Å². The van der Waals surface area contributed by atoms with Crippen molar-refractivity contribution in [1.29, 1.82) is 0 Å². The molecular formula is C21H22F2N2O. The third-order valence-electron chi connectivity index (χ3n) is 5.76. The van der Waals surface area contributed by atoms with Crippen LogP contribution in [0.3, 0.4) is 0 Å². The summed E-state index contributed by atoms with van der Waals surface area (Å²) in [6, 6.07) is 12.5. The summed E-state index contributed by atoms with van der Waals surface area (Å²) in [6.45, 7) is 3.49. The standard InChI is InChI=1S/C21H22F2N2O/c22-17-5-1-14(2-6-17)19-11-16-12-25(13-20(16)19)10-9-24-21(26)15-3-7-18(23)8-4-15/h1-8,16,19-20H,9-13H2,(H,24,26). The van der Waals surface area contributed by atoms with Gasteiger partial charge in [-0.15, -0.1) is 0 Å². The molecule has 3 unspecified atom stereocenters. The molecule has 136 valence electrons. The van der Waals surface area contributed by atoms with Gasteiger partial charge in [-0.05, 0) is 66.1 Å². The van der Waals surface area contributed by atoms with Gasteiger partial charge < -0.3 is 10.2 Å². The third kappa shape index (κ3) is 3.49. The summed E-state index contributed by atoms with van der Waals surface area (Å²) in [4.78, 5) is 14.4. The van der Waals surface area contributed by atoms with Crippen LogP contribution >= 0.6 is 0 Å². The van der Waals surface area contributed by atoms with Gasteiger partial charge in [-0.25, -0.2) is 8.78 Å². The average Bonchev–Trinajstić information content (AvgIpc) is 2.94. The van der Waals surface area contributed by atoms with Crippen molar-refractivity contribution in [1.82, 2.24) is 10.2 Å². The predicted octanol–water partition coefficient (Wildman–Crippen LogP) is 3.43. The number of benzene rings is 2. The van der Waals surface area contributed by atoms with Gasteiger partial charge in [0, 0.05) is 31.7 Å². The molecule has 1 amide bonds. The van der Waals surface area contributed by atoms with E-state index < -0.39 is 0 Å². The largest absolute Gasteiger partial charge is 0.351 e. The molecule has 2 aliphatic rings. The molecule has 1 saturated carbocycles. The SMILES string of the molecule is O=C(NCCN1CC2CC(c3ccc(F)cc3)C2C1)c1ccc(F)cc1. The molecule has 1 saturated heterocycles. The number of halogens is 2. The zero-order valence-corrected chi connectivity index (χ0v) is 14.5. The van der Waals surface area contributed by atoms with Gasteiger partial charge >= 0.3 is 0 Å². The fourth-order valence-electron chi connectivity index (χ4n) is 4.31. The first-order valence-corrected chi connectivity index (χ1v) is 9.12. The van der Waals surface area contributed by atoms with Crippen LogP contribution in [0.25, 0.3) is 0 Å². The topological polar surface area (TPSA) is 32.3 Å². The van der Waals surface area contributed by atoms with Crippen LogP contribution in [0.2, 0.25) is 0 Å². The monoisotopic (exact) mass is 356 g/mol. The minimum absolute atomic E-state index is 0.170. The van der Waals surface area contributed by atoms with Crippen LogP contribution in [0.4, 0.5) is 8.78 Å². The maximum absolute atomic E-state index is 13.1. The van der Waals surface area contributed by atoms with Crippen molar-refractivity contribution in [2.24, 2.45) is 11.8 Å². The van der Waals surface area contributed by atoms with Crippen LogP contribution in [0.1, 0.15) is 28.3 Å². The Morgan fingerprint density at radius 1 is 1.00 bits per heavy atom. The first-order valence-electron chi connectivity index (χ1n) is 9.12. The molecule has 2 aromatic rings. The number of hydrogen-bond acceptors (Lipinski definition) is 2.